The molecule has 51 heavy (non-hydrogen) atoms. The van der Waals surface area contributed by atoms with Gasteiger partial charge in [0.15, 0.2) is 23.1 Å². The molecule has 2 amide bonds. The van der Waals surface area contributed by atoms with E-state index in [2.05, 4.69) is 0 Å². The molecular formula is C41H37NO9. The summed E-state index contributed by atoms with van der Waals surface area (Å²) < 4.78 is 21.7. The second-order valence-electron chi connectivity index (χ2n) is 13.0. The van der Waals surface area contributed by atoms with Crippen molar-refractivity contribution in [3.63, 3.8) is 0 Å². The molecule has 4 atom stereocenters. The zero-order chi connectivity index (χ0) is 36.1. The van der Waals surface area contributed by atoms with Gasteiger partial charge in [-0.2, -0.15) is 0 Å². The Kier molecular flexibility index (Phi) is 8.62. The van der Waals surface area contributed by atoms with Gasteiger partial charge in [0, 0.05) is 28.2 Å². The minimum atomic E-state index is -0.732. The van der Waals surface area contributed by atoms with Gasteiger partial charge in [-0.1, -0.05) is 35.9 Å². The summed E-state index contributed by atoms with van der Waals surface area (Å²) in [6, 6.07) is 15.9. The fourth-order valence-electron chi connectivity index (χ4n) is 7.97. The standard InChI is InChI=1S/C41H37NO9/c1-21-16-31(43)30-20-29-27(35(37(30)38(21)44)24-18-33(50-4)39(45)34(19-24)51-5)13-14-28-36(29)41(47)42(40(28)46)25-10-7-22(8-11-25)6-9-23-17-26(48-2)12-15-32(23)49-3/h6-13,15-19,28-29,35-36,45H,14,20H2,1-5H3/t28-,29+,35-,36-/m0/s1. The molecule has 3 aromatic rings. The van der Waals surface area contributed by atoms with Crippen LogP contribution < -0.4 is 23.8 Å². The predicted molar refractivity (Wildman–Crippen MR) is 190 cm³/mol. The van der Waals surface area contributed by atoms with E-state index < -0.39 is 23.7 Å². The third-order valence-corrected chi connectivity index (χ3v) is 10.4. The van der Waals surface area contributed by atoms with Crippen LogP contribution in [0.1, 0.15) is 42.4 Å². The molecule has 10 heteroatoms. The number of hydrogen-bond acceptors (Lipinski definition) is 9. The number of phenolic OH excluding ortho intramolecular Hbond substituents is 1. The van der Waals surface area contributed by atoms with Gasteiger partial charge >= 0.3 is 0 Å². The Morgan fingerprint density at radius 1 is 0.784 bits per heavy atom. The highest BCUT2D eigenvalue weighted by molar-refractivity contribution is 6.25. The molecule has 7 rings (SSSR count). The van der Waals surface area contributed by atoms with E-state index in [0.29, 0.717) is 45.9 Å². The van der Waals surface area contributed by atoms with Crippen molar-refractivity contribution >= 4 is 41.2 Å². The fraction of sp³-hybridized carbons (Fsp3) is 0.268. The summed E-state index contributed by atoms with van der Waals surface area (Å²) in [5, 5.41) is 10.7. The van der Waals surface area contributed by atoms with Crippen LogP contribution in [0.25, 0.3) is 12.2 Å². The summed E-state index contributed by atoms with van der Waals surface area (Å²) in [6.45, 7) is 1.62. The van der Waals surface area contributed by atoms with Crippen LogP contribution in [0.15, 0.2) is 89.0 Å². The van der Waals surface area contributed by atoms with Gasteiger partial charge in [-0.15, -0.1) is 0 Å². The maximum Gasteiger partial charge on any atom is 0.238 e. The highest BCUT2D eigenvalue weighted by Gasteiger charge is 2.56. The lowest BCUT2D eigenvalue weighted by molar-refractivity contribution is -0.123. The molecule has 0 radical (unpaired) electrons. The van der Waals surface area contributed by atoms with Crippen molar-refractivity contribution < 1.29 is 43.2 Å². The number of carbonyl (C=O) groups is 4. The van der Waals surface area contributed by atoms with Crippen LogP contribution in [0.5, 0.6) is 28.7 Å². The number of imide groups is 1. The molecule has 10 nitrogen and oxygen atoms in total. The molecule has 0 aromatic heterocycles. The van der Waals surface area contributed by atoms with Crippen molar-refractivity contribution in [3.8, 4) is 28.7 Å². The topological polar surface area (TPSA) is 129 Å². The zero-order valence-electron chi connectivity index (χ0n) is 28.9. The second-order valence-corrected chi connectivity index (χ2v) is 13.0. The van der Waals surface area contributed by atoms with E-state index in [4.69, 9.17) is 18.9 Å². The van der Waals surface area contributed by atoms with Crippen LogP contribution in [0.4, 0.5) is 5.69 Å². The number of rotatable bonds is 8. The summed E-state index contributed by atoms with van der Waals surface area (Å²) in [4.78, 5) is 56.9. The molecular weight excluding hydrogens is 650 g/mol. The highest BCUT2D eigenvalue weighted by Crippen LogP contribution is 2.56. The van der Waals surface area contributed by atoms with Crippen molar-refractivity contribution in [2.45, 2.75) is 25.7 Å². The number of anilines is 1. The van der Waals surface area contributed by atoms with Crippen molar-refractivity contribution in [2.24, 2.45) is 17.8 Å². The lowest BCUT2D eigenvalue weighted by atomic mass is 9.59. The third-order valence-electron chi connectivity index (χ3n) is 10.4. The first-order valence-corrected chi connectivity index (χ1v) is 16.6. The summed E-state index contributed by atoms with van der Waals surface area (Å²) in [7, 11) is 6.03. The van der Waals surface area contributed by atoms with Crippen molar-refractivity contribution in [3.05, 3.63) is 106 Å². The number of aromatic hydroxyl groups is 1. The fourth-order valence-corrected chi connectivity index (χ4v) is 7.97. The molecule has 260 valence electrons. The van der Waals surface area contributed by atoms with Gasteiger partial charge in [-0.05, 0) is 85.4 Å². The Morgan fingerprint density at radius 2 is 1.47 bits per heavy atom. The van der Waals surface area contributed by atoms with E-state index in [1.807, 2.05) is 48.6 Å². The van der Waals surface area contributed by atoms with Crippen LogP contribution in [-0.4, -0.2) is 56.9 Å². The van der Waals surface area contributed by atoms with Gasteiger partial charge in [0.1, 0.15) is 11.5 Å². The maximum absolute atomic E-state index is 14.4. The number of phenols is 1. The number of ketones is 2. The summed E-state index contributed by atoms with van der Waals surface area (Å²) in [5.74, 6) is -2.27. The van der Waals surface area contributed by atoms with Crippen LogP contribution in [0.3, 0.4) is 0 Å². The summed E-state index contributed by atoms with van der Waals surface area (Å²) in [6.07, 6.45) is 7.56. The number of Topliss-reactive ketones (excluding diaryl/α,β-unsaturated/α-hetero) is 1. The van der Waals surface area contributed by atoms with Crippen molar-refractivity contribution in [2.75, 3.05) is 33.3 Å². The lowest BCUT2D eigenvalue weighted by Crippen LogP contribution is -2.39. The largest absolute Gasteiger partial charge is 0.502 e. The number of nitrogens with zero attached hydrogens (tertiary/aromatic N) is 1. The van der Waals surface area contributed by atoms with Crippen LogP contribution in [0, 0.1) is 17.8 Å². The first-order valence-electron chi connectivity index (χ1n) is 16.6. The van der Waals surface area contributed by atoms with Gasteiger partial charge in [0.2, 0.25) is 17.6 Å². The molecule has 3 aliphatic carbocycles. The predicted octanol–water partition coefficient (Wildman–Crippen LogP) is 6.23. The van der Waals surface area contributed by atoms with Gasteiger partial charge in [-0.25, -0.2) is 0 Å². The maximum atomic E-state index is 14.4. The zero-order valence-corrected chi connectivity index (χ0v) is 28.9. The molecule has 1 N–H and O–H groups in total. The van der Waals surface area contributed by atoms with E-state index in [1.165, 1.54) is 25.2 Å². The minimum Gasteiger partial charge on any atom is -0.502 e. The van der Waals surface area contributed by atoms with E-state index in [0.717, 1.165) is 16.7 Å². The number of fused-ring (bicyclic) bond motifs is 3. The van der Waals surface area contributed by atoms with Gasteiger partial charge in [0.05, 0.1) is 46.0 Å². The van der Waals surface area contributed by atoms with Crippen LogP contribution in [0.2, 0.25) is 0 Å². The second kappa shape index (κ2) is 13.1. The molecule has 1 aliphatic heterocycles. The highest BCUT2D eigenvalue weighted by atomic mass is 16.5. The number of hydrogen-bond donors (Lipinski definition) is 1. The van der Waals surface area contributed by atoms with E-state index in [9.17, 15) is 24.3 Å². The van der Waals surface area contributed by atoms with Gasteiger partial charge in [-0.3, -0.25) is 24.1 Å². The Hall–Kier alpha value is -5.90. The molecule has 0 bridgehead atoms. The van der Waals surface area contributed by atoms with Crippen LogP contribution in [-0.2, 0) is 19.2 Å². The normalized spacial score (nSPS) is 22.7. The summed E-state index contributed by atoms with van der Waals surface area (Å²) in [5.41, 5.74) is 4.51. The molecule has 4 aliphatic rings. The van der Waals surface area contributed by atoms with Gasteiger partial charge < -0.3 is 24.1 Å². The SMILES string of the molecule is COc1ccc(OC)c(C=Cc2ccc(N3C(=O)[C@H]4[C@H](CC=C5[C@H](c6cc(OC)c(O)c(OC)c6)C6=C(C[C@H]54)C(=O)C=C(C)C6=O)C3=O)cc2)c1. The monoisotopic (exact) mass is 687 g/mol. The molecule has 3 aromatic carbocycles. The molecule has 0 saturated carbocycles. The Bertz CT molecular complexity index is 2100. The average molecular weight is 688 g/mol. The number of ether oxygens (including phenoxy) is 4. The third kappa shape index (κ3) is 5.51. The molecule has 1 saturated heterocycles. The minimum absolute atomic E-state index is 0.143. The van der Waals surface area contributed by atoms with E-state index in [1.54, 1.807) is 45.4 Å². The lowest BCUT2D eigenvalue weighted by Gasteiger charge is -2.42. The van der Waals surface area contributed by atoms with Crippen LogP contribution >= 0.6 is 0 Å². The quantitative estimate of drug-likeness (QED) is 0.127. The number of carbonyl (C=O) groups excluding carboxylic acids is 4. The number of benzene rings is 3. The smallest absolute Gasteiger partial charge is 0.238 e. The Morgan fingerprint density at radius 3 is 2.12 bits per heavy atom. The number of allylic oxidation sites excluding steroid dienone is 6. The first-order chi connectivity index (χ1) is 24.6. The summed E-state index contributed by atoms with van der Waals surface area (Å²) >= 11 is 0. The average Bonchev–Trinajstić information content (AvgIpc) is 3.41. The molecule has 1 fully saturated rings. The number of amides is 2. The van der Waals surface area contributed by atoms with Crippen molar-refractivity contribution in [1.82, 2.24) is 0 Å². The van der Waals surface area contributed by atoms with E-state index in [-0.39, 0.29) is 47.1 Å². The molecule has 0 unspecified atom stereocenters. The van der Waals surface area contributed by atoms with Crippen molar-refractivity contribution in [1.29, 1.82) is 0 Å². The molecule has 1 heterocycles. The van der Waals surface area contributed by atoms with Gasteiger partial charge in [0.25, 0.3) is 0 Å². The Labute approximate surface area is 295 Å². The number of methoxy groups -OCH3 is 4. The molecule has 0 spiro atoms. The first kappa shape index (κ1) is 33.6. The Balaban J connectivity index is 1.23. The van der Waals surface area contributed by atoms with E-state index >= 15 is 0 Å².